The van der Waals surface area contributed by atoms with Crippen LogP contribution in [-0.4, -0.2) is 147 Å². The van der Waals surface area contributed by atoms with Crippen LogP contribution in [-0.2, 0) is 34.7 Å². The zero-order chi connectivity index (χ0) is 47.2. The molecule has 2 aliphatic heterocycles. The minimum Gasteiger partial charge on any atom is -0.492 e. The number of aromatic amines is 1. The van der Waals surface area contributed by atoms with E-state index in [2.05, 4.69) is 52.5 Å². The van der Waals surface area contributed by atoms with E-state index in [1.54, 1.807) is 11.1 Å². The number of rotatable bonds is 22. The number of piperazine rings is 1. The van der Waals surface area contributed by atoms with E-state index in [0.29, 0.717) is 67.9 Å². The average Bonchev–Trinajstić information content (AvgIpc) is 3.60. The number of fused-ring (bicyclic) bond motifs is 1. The number of hydrogen-bond donors (Lipinski definition) is 4. The van der Waals surface area contributed by atoms with E-state index in [1.165, 1.54) is 6.33 Å². The van der Waals surface area contributed by atoms with Crippen LogP contribution in [0.2, 0.25) is 0 Å². The molecule has 2 aromatic heterocycles. The molecule has 0 bridgehead atoms. The van der Waals surface area contributed by atoms with Crippen molar-refractivity contribution in [3.8, 4) is 5.75 Å². The van der Waals surface area contributed by atoms with Crippen molar-refractivity contribution in [1.82, 2.24) is 45.5 Å². The first kappa shape index (κ1) is 53.6. The molecule has 0 saturated carbocycles. The highest BCUT2D eigenvalue weighted by Crippen LogP contribution is 2.35. The fraction of sp³-hybridized carbons (Fsp3) is 0.609. The summed E-state index contributed by atoms with van der Waals surface area (Å²) >= 11 is 0. The monoisotopic (exact) mass is 911 g/mol. The number of benzene rings is 1. The highest BCUT2D eigenvalue weighted by Gasteiger charge is 2.31. The summed E-state index contributed by atoms with van der Waals surface area (Å²) in [4.78, 5) is 49.9. The van der Waals surface area contributed by atoms with Crippen LogP contribution < -0.4 is 20.7 Å². The number of carbonyl (C=O) groups excluding carboxylic acids is 3. The van der Waals surface area contributed by atoms with Gasteiger partial charge in [0.05, 0.1) is 47.6 Å². The smallest absolute Gasteiger partial charge is 0.249 e. The van der Waals surface area contributed by atoms with Gasteiger partial charge < -0.3 is 34.6 Å². The van der Waals surface area contributed by atoms with Crippen LogP contribution in [0.1, 0.15) is 92.3 Å². The minimum atomic E-state index is -1.31. The van der Waals surface area contributed by atoms with Crippen molar-refractivity contribution < 1.29 is 32.8 Å². The lowest BCUT2D eigenvalue weighted by Crippen LogP contribution is -2.51. The van der Waals surface area contributed by atoms with E-state index in [1.807, 2.05) is 81.4 Å². The van der Waals surface area contributed by atoms with Gasteiger partial charge in [0.2, 0.25) is 18.2 Å². The summed E-state index contributed by atoms with van der Waals surface area (Å²) in [6.45, 7) is 33.3. The summed E-state index contributed by atoms with van der Waals surface area (Å²) < 4.78 is 30.4. The Morgan fingerprint density at radius 2 is 1.69 bits per heavy atom. The molecule has 3 aromatic rings. The predicted molar refractivity (Wildman–Crippen MR) is 254 cm³/mol. The zero-order valence-electron chi connectivity index (χ0n) is 39.9. The van der Waals surface area contributed by atoms with Gasteiger partial charge in [-0.3, -0.25) is 33.9 Å². The van der Waals surface area contributed by atoms with Gasteiger partial charge in [-0.1, -0.05) is 27.4 Å². The van der Waals surface area contributed by atoms with E-state index in [-0.39, 0.29) is 11.8 Å². The molecule has 0 radical (unpaired) electrons. The van der Waals surface area contributed by atoms with E-state index in [4.69, 9.17) is 14.2 Å². The number of hydrogen-bond acceptors (Lipinski definition) is 14. The molecule has 5 rings (SSSR count). The molecule has 18 heteroatoms. The number of imide groups is 1. The van der Waals surface area contributed by atoms with Crippen molar-refractivity contribution in [3.05, 3.63) is 53.8 Å². The van der Waals surface area contributed by atoms with Gasteiger partial charge in [-0.25, -0.2) is 9.97 Å². The van der Waals surface area contributed by atoms with Gasteiger partial charge in [0, 0.05) is 92.0 Å². The number of piperidine rings is 1. The molecule has 64 heavy (non-hydrogen) atoms. The van der Waals surface area contributed by atoms with Crippen LogP contribution in [0.5, 0.6) is 5.75 Å². The maximum atomic E-state index is 13.6. The molecular formula is C46H74N10O7S. The van der Waals surface area contributed by atoms with E-state index in [9.17, 15) is 18.6 Å². The molecule has 356 valence electrons. The summed E-state index contributed by atoms with van der Waals surface area (Å²) in [5.41, 5.74) is 4.52. The normalized spacial score (nSPS) is 16.6. The van der Waals surface area contributed by atoms with Crippen molar-refractivity contribution >= 4 is 51.6 Å². The van der Waals surface area contributed by atoms with E-state index in [0.717, 1.165) is 98.8 Å². The lowest BCUT2D eigenvalue weighted by molar-refractivity contribution is -0.136. The van der Waals surface area contributed by atoms with Crippen molar-refractivity contribution in [2.75, 3.05) is 84.2 Å². The van der Waals surface area contributed by atoms with Crippen LogP contribution in [0.3, 0.4) is 0 Å². The SMILES string of the molecule is C=CN(C/C(CC)=C(/C)NC=O)C1CCC(=O)NC1=O.CC.CCOCCOCCN1CCN(CCCOc2cc3ncnc(Nc4n[nH]c(C)c4C)c3cc2S(=O)C(C)(C)C)CC1. The molecule has 4 heterocycles. The maximum absolute atomic E-state index is 13.6. The molecule has 3 amide bonds. The Morgan fingerprint density at radius 3 is 2.28 bits per heavy atom. The van der Waals surface area contributed by atoms with Crippen LogP contribution in [0.25, 0.3) is 10.9 Å². The van der Waals surface area contributed by atoms with Crippen LogP contribution in [0, 0.1) is 13.8 Å². The molecule has 17 nitrogen and oxygen atoms in total. The minimum absolute atomic E-state index is 0.236. The number of anilines is 2. The topological polar surface area (TPSA) is 196 Å². The number of carbonyl (C=O) groups is 3. The third kappa shape index (κ3) is 16.4. The van der Waals surface area contributed by atoms with Crippen LogP contribution in [0.15, 0.2) is 47.4 Å². The Hall–Kier alpha value is -4.75. The Labute approximate surface area is 383 Å². The average molecular weight is 911 g/mol. The molecule has 0 spiro atoms. The van der Waals surface area contributed by atoms with E-state index < -0.39 is 21.6 Å². The molecule has 2 atom stereocenters. The van der Waals surface area contributed by atoms with Crippen LogP contribution >= 0.6 is 0 Å². The second-order valence-corrected chi connectivity index (χ2v) is 18.4. The van der Waals surface area contributed by atoms with Gasteiger partial charge in [-0.05, 0) is 85.6 Å². The standard InChI is InChI=1S/C30H47N7O4S.C14H21N3O3.C2H6/c1-7-39-17-18-40-16-14-37-12-10-36(11-13-37)9-8-15-41-26-20-25-24(19-27(26)42(38)30(4,5)6)29(32-21-31-25)33-28-22(2)23(3)34-35-28;1-4-11(10(3)15-9-18)8-17(5-2)12-6-7-13(19)16-14(12)20;1-2/h19-21H,7-18H2,1-6H3,(H2,31,32,33,34,35);5,9,12H,2,4,6-8H2,1,3H3,(H,15,18)(H,16,19,20);1-2H3/b;11-10-;. The van der Waals surface area contributed by atoms with Crippen molar-refractivity contribution in [2.24, 2.45) is 0 Å². The summed E-state index contributed by atoms with van der Waals surface area (Å²) in [6.07, 6.45) is 6.21. The van der Waals surface area contributed by atoms with Gasteiger partial charge in [0.15, 0.2) is 5.82 Å². The fourth-order valence-electron chi connectivity index (χ4n) is 6.94. The van der Waals surface area contributed by atoms with Gasteiger partial charge in [0.1, 0.15) is 23.9 Å². The molecule has 4 N–H and O–H groups in total. The number of allylic oxidation sites excluding steroid dienone is 1. The van der Waals surface area contributed by atoms with Crippen molar-refractivity contribution in [3.63, 3.8) is 0 Å². The first-order valence-electron chi connectivity index (χ1n) is 22.5. The Morgan fingerprint density at radius 1 is 1.00 bits per heavy atom. The highest BCUT2D eigenvalue weighted by atomic mass is 32.2. The van der Waals surface area contributed by atoms with Gasteiger partial charge in [-0.15, -0.1) is 0 Å². The number of ether oxygens (including phenoxy) is 3. The number of aryl methyl sites for hydroxylation is 1. The van der Waals surface area contributed by atoms with E-state index >= 15 is 0 Å². The number of H-pyrrole nitrogens is 1. The molecule has 2 unspecified atom stereocenters. The lowest BCUT2D eigenvalue weighted by Gasteiger charge is -2.34. The lowest BCUT2D eigenvalue weighted by atomic mass is 10.0. The van der Waals surface area contributed by atoms with Crippen molar-refractivity contribution in [1.29, 1.82) is 0 Å². The molecular weight excluding hydrogens is 837 g/mol. The predicted octanol–water partition coefficient (Wildman–Crippen LogP) is 5.75. The first-order chi connectivity index (χ1) is 30.7. The number of nitrogens with zero attached hydrogens (tertiary/aromatic N) is 6. The summed E-state index contributed by atoms with van der Waals surface area (Å²) in [7, 11) is -1.31. The Kier molecular flexibility index (Phi) is 23.1. The van der Waals surface area contributed by atoms with Gasteiger partial charge in [0.25, 0.3) is 0 Å². The highest BCUT2D eigenvalue weighted by molar-refractivity contribution is 7.86. The number of amides is 3. The second-order valence-electron chi connectivity index (χ2n) is 16.2. The third-order valence-electron chi connectivity index (χ3n) is 10.9. The molecule has 0 aliphatic carbocycles. The summed E-state index contributed by atoms with van der Waals surface area (Å²) in [5.74, 6) is 1.40. The number of aromatic nitrogens is 4. The summed E-state index contributed by atoms with van der Waals surface area (Å²) in [6, 6.07) is 3.40. The van der Waals surface area contributed by atoms with Crippen molar-refractivity contribution in [2.45, 2.75) is 111 Å². The molecule has 1 aromatic carbocycles. The Bertz CT molecular complexity index is 2010. The molecule has 2 aliphatic rings. The van der Waals surface area contributed by atoms with Crippen LogP contribution in [0.4, 0.5) is 11.6 Å². The third-order valence-corrected chi connectivity index (χ3v) is 12.7. The second kappa shape index (κ2) is 27.5. The van der Waals surface area contributed by atoms with Gasteiger partial charge >= 0.3 is 0 Å². The maximum Gasteiger partial charge on any atom is 0.249 e. The Balaban J connectivity index is 0.000000415. The number of nitrogens with one attached hydrogen (secondary N) is 4. The largest absolute Gasteiger partial charge is 0.492 e. The van der Waals surface area contributed by atoms with Gasteiger partial charge in [-0.2, -0.15) is 5.10 Å². The molecule has 2 saturated heterocycles. The quantitative estimate of drug-likeness (QED) is 0.0540. The molecule has 2 fully saturated rings. The fourth-order valence-corrected chi connectivity index (χ4v) is 8.13. The summed E-state index contributed by atoms with van der Waals surface area (Å²) in [5, 5.41) is 16.4. The zero-order valence-corrected chi connectivity index (χ0v) is 40.8. The first-order valence-corrected chi connectivity index (χ1v) is 23.7.